The first-order valence-corrected chi connectivity index (χ1v) is 11.1. The largest absolute Gasteiger partial charge is 0.0599 e. The van der Waals surface area contributed by atoms with Crippen molar-refractivity contribution in [2.24, 2.45) is 28.1 Å². The first-order valence-electron chi connectivity index (χ1n) is 11.1. The summed E-state index contributed by atoms with van der Waals surface area (Å²) in [5.74, 6) is 2.00. The zero-order valence-electron chi connectivity index (χ0n) is 17.8. The molecule has 0 N–H and O–H groups in total. The summed E-state index contributed by atoms with van der Waals surface area (Å²) in [5.41, 5.74) is 1.95. The van der Waals surface area contributed by atoms with Gasteiger partial charge >= 0.3 is 0 Å². The number of hydrogen-bond donors (Lipinski definition) is 0. The van der Waals surface area contributed by atoms with Gasteiger partial charge in [-0.1, -0.05) is 73.6 Å². The second kappa shape index (κ2) is 8.13. The summed E-state index contributed by atoms with van der Waals surface area (Å²) in [6.07, 6.45) is 19.6. The van der Waals surface area contributed by atoms with Gasteiger partial charge in [0.25, 0.3) is 0 Å². The third kappa shape index (κ3) is 5.77. The zero-order valence-corrected chi connectivity index (χ0v) is 17.8. The highest BCUT2D eigenvalue weighted by molar-refractivity contribution is 4.91. The molecule has 3 aliphatic rings. The van der Waals surface area contributed by atoms with Crippen LogP contribution in [0.4, 0.5) is 0 Å². The van der Waals surface area contributed by atoms with Gasteiger partial charge in [-0.25, -0.2) is 0 Å². The molecule has 0 radical (unpaired) electrons. The van der Waals surface area contributed by atoms with Crippen LogP contribution in [0.2, 0.25) is 0 Å². The van der Waals surface area contributed by atoms with Crippen molar-refractivity contribution in [3.05, 3.63) is 0 Å². The van der Waals surface area contributed by atoms with Gasteiger partial charge in [-0.2, -0.15) is 0 Å². The molecule has 0 aromatic carbocycles. The molecule has 1 spiro atoms. The van der Waals surface area contributed by atoms with Crippen molar-refractivity contribution in [2.75, 3.05) is 0 Å². The van der Waals surface area contributed by atoms with Crippen molar-refractivity contribution < 1.29 is 0 Å². The smallest absolute Gasteiger partial charge is 0.0297 e. The maximum atomic E-state index is 2.42. The number of hydrogen-bond acceptors (Lipinski definition) is 0. The van der Waals surface area contributed by atoms with Gasteiger partial charge in [0.2, 0.25) is 0 Å². The summed E-state index contributed by atoms with van der Waals surface area (Å²) >= 11 is 0. The Hall–Kier alpha value is 0. The van der Waals surface area contributed by atoms with E-state index >= 15 is 0 Å². The van der Waals surface area contributed by atoms with E-state index in [1.165, 1.54) is 70.6 Å². The molecule has 0 amide bonds. The minimum absolute atomic E-state index is 0.556. The lowest BCUT2D eigenvalue weighted by Gasteiger charge is -2.42. The van der Waals surface area contributed by atoms with E-state index in [1.807, 2.05) is 0 Å². The van der Waals surface area contributed by atoms with Crippen molar-refractivity contribution in [3.8, 4) is 0 Å². The molecule has 0 aliphatic heterocycles. The topological polar surface area (TPSA) is 0 Å². The summed E-state index contributed by atoms with van der Waals surface area (Å²) in [6, 6.07) is 0. The van der Waals surface area contributed by atoms with E-state index in [2.05, 4.69) is 41.5 Å². The molecule has 3 rings (SSSR count). The SMILES string of the molecule is CC(C)(C)C1CCC2(CCCC2)CC1.CC(C)(C)C1CCCCC1. The van der Waals surface area contributed by atoms with Crippen LogP contribution in [0, 0.1) is 28.1 Å². The highest BCUT2D eigenvalue weighted by atomic mass is 14.4. The van der Waals surface area contributed by atoms with Gasteiger partial charge in [0.1, 0.15) is 0 Å². The Labute approximate surface area is 153 Å². The van der Waals surface area contributed by atoms with Gasteiger partial charge in [0, 0.05) is 0 Å². The van der Waals surface area contributed by atoms with Crippen molar-refractivity contribution in [1.82, 2.24) is 0 Å². The van der Waals surface area contributed by atoms with E-state index in [4.69, 9.17) is 0 Å². The second-order valence-corrected chi connectivity index (χ2v) is 11.5. The Morgan fingerprint density at radius 3 is 1.29 bits per heavy atom. The first-order chi connectivity index (χ1) is 11.1. The maximum absolute atomic E-state index is 2.42. The molecule has 0 unspecified atom stereocenters. The van der Waals surface area contributed by atoms with Crippen molar-refractivity contribution in [2.45, 2.75) is 125 Å². The van der Waals surface area contributed by atoms with Crippen molar-refractivity contribution >= 4 is 0 Å². The third-order valence-electron chi connectivity index (χ3n) is 7.77. The second-order valence-electron chi connectivity index (χ2n) is 11.5. The van der Waals surface area contributed by atoms with Crippen LogP contribution in [0.3, 0.4) is 0 Å². The molecule has 24 heavy (non-hydrogen) atoms. The summed E-state index contributed by atoms with van der Waals surface area (Å²) < 4.78 is 0. The highest BCUT2D eigenvalue weighted by Gasteiger charge is 2.40. The summed E-state index contributed by atoms with van der Waals surface area (Å²) in [6.45, 7) is 14.4. The molecule has 0 bridgehead atoms. The van der Waals surface area contributed by atoms with Gasteiger partial charge in [0.15, 0.2) is 0 Å². The maximum Gasteiger partial charge on any atom is -0.0297 e. The average molecular weight is 335 g/mol. The Morgan fingerprint density at radius 2 is 0.917 bits per heavy atom. The molecule has 0 heterocycles. The quantitative estimate of drug-likeness (QED) is 0.417. The van der Waals surface area contributed by atoms with E-state index in [0.717, 1.165) is 17.3 Å². The van der Waals surface area contributed by atoms with Crippen molar-refractivity contribution in [3.63, 3.8) is 0 Å². The van der Waals surface area contributed by atoms with Crippen molar-refractivity contribution in [1.29, 1.82) is 0 Å². The molecule has 142 valence electrons. The summed E-state index contributed by atoms with van der Waals surface area (Å²) in [4.78, 5) is 0. The summed E-state index contributed by atoms with van der Waals surface area (Å²) in [7, 11) is 0. The average Bonchev–Trinajstić information content (AvgIpc) is 2.96. The fourth-order valence-corrected chi connectivity index (χ4v) is 5.69. The van der Waals surface area contributed by atoms with E-state index in [1.54, 1.807) is 12.8 Å². The standard InChI is InChI=1S/C14H26.C10H20/c1-13(2,3)12-6-10-14(11-7-12)8-4-5-9-14;1-10(2,3)9-7-5-4-6-8-9/h12H,4-11H2,1-3H3;9H,4-8H2,1-3H3. The monoisotopic (exact) mass is 334 g/mol. The Kier molecular flexibility index (Phi) is 6.88. The lowest BCUT2D eigenvalue weighted by molar-refractivity contribution is 0.0918. The molecule has 3 fully saturated rings. The van der Waals surface area contributed by atoms with Crippen LogP contribution in [-0.4, -0.2) is 0 Å². The predicted octanol–water partition coefficient (Wildman–Crippen LogP) is 8.40. The van der Waals surface area contributed by atoms with Crippen LogP contribution in [0.5, 0.6) is 0 Å². The molecular weight excluding hydrogens is 288 g/mol. The molecule has 0 aromatic heterocycles. The molecular formula is C24H46. The van der Waals surface area contributed by atoms with E-state index in [-0.39, 0.29) is 0 Å². The Balaban J connectivity index is 0.000000185. The fourth-order valence-electron chi connectivity index (χ4n) is 5.69. The van der Waals surface area contributed by atoms with Gasteiger partial charge < -0.3 is 0 Å². The minimum atomic E-state index is 0.556. The van der Waals surface area contributed by atoms with Crippen LogP contribution in [0.25, 0.3) is 0 Å². The molecule has 0 saturated heterocycles. The molecule has 0 atom stereocenters. The van der Waals surface area contributed by atoms with E-state index in [9.17, 15) is 0 Å². The van der Waals surface area contributed by atoms with Crippen LogP contribution in [-0.2, 0) is 0 Å². The normalized spacial score (nSPS) is 26.2. The van der Waals surface area contributed by atoms with Crippen LogP contribution in [0.1, 0.15) is 125 Å². The molecule has 0 heteroatoms. The van der Waals surface area contributed by atoms with Gasteiger partial charge in [-0.05, 0) is 79.4 Å². The van der Waals surface area contributed by atoms with Crippen LogP contribution >= 0.6 is 0 Å². The van der Waals surface area contributed by atoms with Gasteiger partial charge in [0.05, 0.1) is 0 Å². The van der Waals surface area contributed by atoms with E-state index in [0.29, 0.717) is 10.8 Å². The van der Waals surface area contributed by atoms with E-state index < -0.39 is 0 Å². The molecule has 0 nitrogen and oxygen atoms in total. The predicted molar refractivity (Wildman–Crippen MR) is 108 cm³/mol. The lowest BCUT2D eigenvalue weighted by atomic mass is 9.63. The number of rotatable bonds is 0. The van der Waals surface area contributed by atoms with Crippen LogP contribution < -0.4 is 0 Å². The minimum Gasteiger partial charge on any atom is -0.0599 e. The Morgan fingerprint density at radius 1 is 0.500 bits per heavy atom. The lowest BCUT2D eigenvalue weighted by Crippen LogP contribution is -2.30. The fraction of sp³-hybridized carbons (Fsp3) is 1.00. The first kappa shape index (κ1) is 20.3. The highest BCUT2D eigenvalue weighted by Crippen LogP contribution is 2.52. The molecule has 3 saturated carbocycles. The van der Waals surface area contributed by atoms with Gasteiger partial charge in [-0.3, -0.25) is 0 Å². The zero-order chi connectivity index (χ0) is 17.8. The summed E-state index contributed by atoms with van der Waals surface area (Å²) in [5, 5.41) is 0. The van der Waals surface area contributed by atoms with Crippen LogP contribution in [0.15, 0.2) is 0 Å². The Bertz CT molecular complexity index is 342. The van der Waals surface area contributed by atoms with Gasteiger partial charge in [-0.15, -0.1) is 0 Å². The third-order valence-corrected chi connectivity index (χ3v) is 7.77. The molecule has 3 aliphatic carbocycles. The molecule has 0 aromatic rings.